The average molecular weight is 241 g/mol. The summed E-state index contributed by atoms with van der Waals surface area (Å²) in [5, 5.41) is 6.14. The standard InChI is InChI=1S/C11H19N3O3/c1-7(2)4-8(3)5-10(15)12-6-9-13-11(16)17-14-9/h7-8H,4-6H2,1-3H3,(H,12,15)(H,13,14,16). The average Bonchev–Trinajstić information content (AvgIpc) is 2.59. The van der Waals surface area contributed by atoms with Gasteiger partial charge in [-0.05, 0) is 18.3 Å². The molecule has 0 saturated carbocycles. The molecule has 1 atom stereocenters. The van der Waals surface area contributed by atoms with Gasteiger partial charge >= 0.3 is 5.76 Å². The first-order chi connectivity index (χ1) is 7.97. The van der Waals surface area contributed by atoms with E-state index in [1.807, 2.05) is 0 Å². The molecule has 0 aliphatic carbocycles. The fourth-order valence-corrected chi connectivity index (χ4v) is 1.80. The Morgan fingerprint density at radius 3 is 2.71 bits per heavy atom. The van der Waals surface area contributed by atoms with Crippen LogP contribution in [0.4, 0.5) is 0 Å². The topological polar surface area (TPSA) is 88.0 Å². The third kappa shape index (κ3) is 5.33. The fraction of sp³-hybridized carbons (Fsp3) is 0.727. The number of amides is 1. The van der Waals surface area contributed by atoms with Gasteiger partial charge in [0.2, 0.25) is 5.91 Å². The van der Waals surface area contributed by atoms with E-state index in [0.717, 1.165) is 6.42 Å². The lowest BCUT2D eigenvalue weighted by atomic mass is 9.96. The summed E-state index contributed by atoms with van der Waals surface area (Å²) >= 11 is 0. The van der Waals surface area contributed by atoms with Crippen molar-refractivity contribution in [2.24, 2.45) is 11.8 Å². The van der Waals surface area contributed by atoms with Crippen molar-refractivity contribution in [1.82, 2.24) is 15.5 Å². The largest absolute Gasteiger partial charge is 0.438 e. The maximum atomic E-state index is 11.6. The highest BCUT2D eigenvalue weighted by Crippen LogP contribution is 2.14. The number of nitrogens with zero attached hydrogens (tertiary/aromatic N) is 1. The molecule has 6 nitrogen and oxygen atoms in total. The van der Waals surface area contributed by atoms with E-state index in [1.165, 1.54) is 0 Å². The molecule has 1 rings (SSSR count). The molecule has 1 amide bonds. The zero-order valence-corrected chi connectivity index (χ0v) is 10.4. The second-order valence-electron chi connectivity index (χ2n) is 4.76. The van der Waals surface area contributed by atoms with Crippen LogP contribution in [-0.4, -0.2) is 16.0 Å². The van der Waals surface area contributed by atoms with Crippen LogP contribution in [-0.2, 0) is 11.3 Å². The monoisotopic (exact) mass is 241 g/mol. The summed E-state index contributed by atoms with van der Waals surface area (Å²) in [7, 11) is 0. The van der Waals surface area contributed by atoms with Crippen molar-refractivity contribution in [3.05, 3.63) is 16.4 Å². The molecule has 0 aliphatic rings. The molecule has 1 aromatic rings. The molecule has 17 heavy (non-hydrogen) atoms. The Balaban J connectivity index is 2.28. The van der Waals surface area contributed by atoms with Crippen LogP contribution in [0.2, 0.25) is 0 Å². The summed E-state index contributed by atoms with van der Waals surface area (Å²) < 4.78 is 4.32. The molecular weight excluding hydrogens is 222 g/mol. The first-order valence-corrected chi connectivity index (χ1v) is 5.79. The molecule has 0 aliphatic heterocycles. The first kappa shape index (κ1) is 13.5. The van der Waals surface area contributed by atoms with E-state index in [1.54, 1.807) is 0 Å². The van der Waals surface area contributed by atoms with Gasteiger partial charge < -0.3 is 5.32 Å². The second-order valence-corrected chi connectivity index (χ2v) is 4.76. The van der Waals surface area contributed by atoms with Crippen LogP contribution in [0.3, 0.4) is 0 Å². The van der Waals surface area contributed by atoms with Gasteiger partial charge in [-0.2, -0.15) is 0 Å². The summed E-state index contributed by atoms with van der Waals surface area (Å²) in [6, 6.07) is 0. The van der Waals surface area contributed by atoms with Gasteiger partial charge in [0.1, 0.15) is 0 Å². The SMILES string of the molecule is CC(C)CC(C)CC(=O)NCc1noc(=O)[nH]1. The summed E-state index contributed by atoms with van der Waals surface area (Å²) in [6.07, 6.45) is 1.51. The Hall–Kier alpha value is -1.59. The van der Waals surface area contributed by atoms with E-state index in [9.17, 15) is 9.59 Å². The normalized spacial score (nSPS) is 12.7. The lowest BCUT2D eigenvalue weighted by Crippen LogP contribution is -2.25. The van der Waals surface area contributed by atoms with Crippen LogP contribution in [0.1, 0.15) is 39.4 Å². The molecule has 0 spiro atoms. The van der Waals surface area contributed by atoms with E-state index in [-0.39, 0.29) is 12.5 Å². The van der Waals surface area contributed by atoms with Crippen molar-refractivity contribution < 1.29 is 9.32 Å². The number of aromatic amines is 1. The zero-order chi connectivity index (χ0) is 12.8. The Labute approximate surface area is 99.8 Å². The second kappa shape index (κ2) is 6.22. The summed E-state index contributed by atoms with van der Waals surface area (Å²) in [6.45, 7) is 6.51. The highest BCUT2D eigenvalue weighted by molar-refractivity contribution is 5.75. The molecule has 1 aromatic heterocycles. The van der Waals surface area contributed by atoms with E-state index in [4.69, 9.17) is 0 Å². The summed E-state index contributed by atoms with van der Waals surface area (Å²) in [4.78, 5) is 24.6. The Kier molecular flexibility index (Phi) is 4.93. The molecule has 0 saturated heterocycles. The Morgan fingerprint density at radius 1 is 1.47 bits per heavy atom. The van der Waals surface area contributed by atoms with Crippen molar-refractivity contribution in [1.29, 1.82) is 0 Å². The third-order valence-corrected chi connectivity index (χ3v) is 2.35. The molecule has 0 bridgehead atoms. The first-order valence-electron chi connectivity index (χ1n) is 5.79. The highest BCUT2D eigenvalue weighted by atomic mass is 16.5. The molecule has 1 heterocycles. The quantitative estimate of drug-likeness (QED) is 0.779. The van der Waals surface area contributed by atoms with Gasteiger partial charge in [-0.25, -0.2) is 4.79 Å². The maximum absolute atomic E-state index is 11.6. The van der Waals surface area contributed by atoms with Gasteiger partial charge in [0.05, 0.1) is 6.54 Å². The van der Waals surface area contributed by atoms with Gasteiger partial charge in [-0.15, -0.1) is 0 Å². The summed E-state index contributed by atoms with van der Waals surface area (Å²) in [5.74, 6) is 0.625. The van der Waals surface area contributed by atoms with Crippen molar-refractivity contribution in [3.8, 4) is 0 Å². The van der Waals surface area contributed by atoms with Gasteiger partial charge in [0.15, 0.2) is 5.82 Å². The molecule has 6 heteroatoms. The maximum Gasteiger partial charge on any atom is 0.438 e. The molecule has 96 valence electrons. The number of hydrogen-bond acceptors (Lipinski definition) is 4. The number of nitrogens with one attached hydrogen (secondary N) is 2. The van der Waals surface area contributed by atoms with Crippen LogP contribution < -0.4 is 11.1 Å². The number of H-pyrrole nitrogens is 1. The van der Waals surface area contributed by atoms with Gasteiger partial charge in [-0.1, -0.05) is 25.9 Å². The van der Waals surface area contributed by atoms with Crippen molar-refractivity contribution >= 4 is 5.91 Å². The third-order valence-electron chi connectivity index (χ3n) is 2.35. The predicted molar refractivity (Wildman–Crippen MR) is 62.2 cm³/mol. The lowest BCUT2D eigenvalue weighted by Gasteiger charge is -2.13. The molecular formula is C11H19N3O3. The molecule has 0 radical (unpaired) electrons. The smallest absolute Gasteiger partial charge is 0.349 e. The molecule has 0 aromatic carbocycles. The Morgan fingerprint density at radius 2 is 2.18 bits per heavy atom. The van der Waals surface area contributed by atoms with E-state index < -0.39 is 5.76 Å². The van der Waals surface area contributed by atoms with Crippen molar-refractivity contribution in [2.75, 3.05) is 0 Å². The number of hydrogen-bond donors (Lipinski definition) is 2. The van der Waals surface area contributed by atoms with Crippen LogP contribution in [0, 0.1) is 11.8 Å². The van der Waals surface area contributed by atoms with Crippen molar-refractivity contribution in [3.63, 3.8) is 0 Å². The van der Waals surface area contributed by atoms with Crippen LogP contribution in [0.5, 0.6) is 0 Å². The Bertz CT molecular complexity index is 408. The molecule has 1 unspecified atom stereocenters. The van der Waals surface area contributed by atoms with E-state index in [2.05, 4.69) is 40.8 Å². The van der Waals surface area contributed by atoms with Crippen LogP contribution in [0.15, 0.2) is 9.32 Å². The minimum absolute atomic E-state index is 0.0398. The number of aromatic nitrogens is 2. The zero-order valence-electron chi connectivity index (χ0n) is 10.4. The number of carbonyl (C=O) groups is 1. The lowest BCUT2D eigenvalue weighted by molar-refractivity contribution is -0.122. The minimum Gasteiger partial charge on any atom is -0.349 e. The predicted octanol–water partition coefficient (Wildman–Crippen LogP) is 1.05. The van der Waals surface area contributed by atoms with E-state index >= 15 is 0 Å². The fourth-order valence-electron chi connectivity index (χ4n) is 1.80. The van der Waals surface area contributed by atoms with Crippen LogP contribution in [0.25, 0.3) is 0 Å². The van der Waals surface area contributed by atoms with Gasteiger partial charge in [-0.3, -0.25) is 14.3 Å². The molecule has 0 fully saturated rings. The summed E-state index contributed by atoms with van der Waals surface area (Å²) in [5.41, 5.74) is 0. The van der Waals surface area contributed by atoms with Gasteiger partial charge in [0.25, 0.3) is 0 Å². The number of rotatable bonds is 6. The van der Waals surface area contributed by atoms with E-state index in [0.29, 0.717) is 24.1 Å². The van der Waals surface area contributed by atoms with Crippen molar-refractivity contribution in [2.45, 2.75) is 40.2 Å². The number of carbonyl (C=O) groups excluding carboxylic acids is 1. The highest BCUT2D eigenvalue weighted by Gasteiger charge is 2.11. The van der Waals surface area contributed by atoms with Gasteiger partial charge in [0, 0.05) is 6.42 Å². The van der Waals surface area contributed by atoms with Crippen LogP contribution >= 0.6 is 0 Å². The minimum atomic E-state index is -0.609. The molecule has 2 N–H and O–H groups in total.